The molecule has 4 nitrogen and oxygen atoms in total. The van der Waals surface area contributed by atoms with E-state index in [1.54, 1.807) is 0 Å². The highest BCUT2D eigenvalue weighted by atomic mass is 32.1. The molecule has 1 aromatic rings. The van der Waals surface area contributed by atoms with Crippen molar-refractivity contribution >= 4 is 17.3 Å². The summed E-state index contributed by atoms with van der Waals surface area (Å²) in [5.41, 5.74) is 8.74. The second kappa shape index (κ2) is 6.73. The lowest BCUT2D eigenvalue weighted by molar-refractivity contribution is 0.282. The van der Waals surface area contributed by atoms with Gasteiger partial charge in [0.15, 0.2) is 5.11 Å². The number of thiocarbonyl (C=S) groups is 1. The predicted molar refractivity (Wildman–Crippen MR) is 90.2 cm³/mol. The highest BCUT2D eigenvalue weighted by Crippen LogP contribution is 2.22. The fourth-order valence-electron chi connectivity index (χ4n) is 3.28. The Hall–Kier alpha value is -1.17. The lowest BCUT2D eigenvalue weighted by atomic mass is 9.94. The van der Waals surface area contributed by atoms with Crippen LogP contribution in [0.4, 0.5) is 0 Å². The summed E-state index contributed by atoms with van der Waals surface area (Å²) in [6.07, 6.45) is 3.48. The quantitative estimate of drug-likeness (QED) is 0.728. The first-order valence-corrected chi connectivity index (χ1v) is 8.23. The first-order valence-electron chi connectivity index (χ1n) is 7.82. The van der Waals surface area contributed by atoms with Crippen molar-refractivity contribution in [3.05, 3.63) is 35.4 Å². The van der Waals surface area contributed by atoms with Crippen LogP contribution in [0.25, 0.3) is 0 Å². The molecule has 2 aliphatic rings. The molecule has 4 N–H and O–H groups in total. The maximum atomic E-state index is 5.97. The van der Waals surface area contributed by atoms with Crippen molar-refractivity contribution in [2.45, 2.75) is 37.9 Å². The van der Waals surface area contributed by atoms with E-state index >= 15 is 0 Å². The summed E-state index contributed by atoms with van der Waals surface area (Å²) in [6, 6.07) is 9.45. The van der Waals surface area contributed by atoms with Crippen LogP contribution >= 0.6 is 12.2 Å². The SMILES string of the molecule is NCC1Cc2ccccc2CN1C(=S)NCC1CCCN1. The molecule has 2 unspecified atom stereocenters. The monoisotopic (exact) mass is 304 g/mol. The number of nitrogens with zero attached hydrogens (tertiary/aromatic N) is 1. The lowest BCUT2D eigenvalue weighted by Gasteiger charge is -2.38. The van der Waals surface area contributed by atoms with E-state index in [1.165, 1.54) is 24.0 Å². The highest BCUT2D eigenvalue weighted by Gasteiger charge is 2.27. The highest BCUT2D eigenvalue weighted by molar-refractivity contribution is 7.80. The van der Waals surface area contributed by atoms with E-state index in [0.717, 1.165) is 31.2 Å². The summed E-state index contributed by atoms with van der Waals surface area (Å²) in [5, 5.41) is 7.76. The molecule has 0 aromatic heterocycles. The third-order valence-corrected chi connectivity index (χ3v) is 4.93. The van der Waals surface area contributed by atoms with Crippen LogP contribution in [0.1, 0.15) is 24.0 Å². The fraction of sp³-hybridized carbons (Fsp3) is 0.562. The molecule has 1 saturated heterocycles. The summed E-state index contributed by atoms with van der Waals surface area (Å²) in [7, 11) is 0. The van der Waals surface area contributed by atoms with Gasteiger partial charge in [-0.2, -0.15) is 0 Å². The Morgan fingerprint density at radius 2 is 2.19 bits per heavy atom. The molecule has 3 rings (SSSR count). The van der Waals surface area contributed by atoms with Crippen molar-refractivity contribution in [2.75, 3.05) is 19.6 Å². The van der Waals surface area contributed by atoms with E-state index in [4.69, 9.17) is 18.0 Å². The van der Waals surface area contributed by atoms with Crippen LogP contribution in [0.15, 0.2) is 24.3 Å². The normalized spacial score (nSPS) is 24.7. The van der Waals surface area contributed by atoms with Crippen LogP contribution in [0, 0.1) is 0 Å². The Balaban J connectivity index is 1.64. The Labute approximate surface area is 132 Å². The molecule has 0 saturated carbocycles. The second-order valence-electron chi connectivity index (χ2n) is 5.97. The maximum absolute atomic E-state index is 5.97. The van der Waals surface area contributed by atoms with Gasteiger partial charge in [0.1, 0.15) is 0 Å². The Bertz CT molecular complexity index is 499. The van der Waals surface area contributed by atoms with Crippen molar-refractivity contribution in [3.8, 4) is 0 Å². The smallest absolute Gasteiger partial charge is 0.169 e. The summed E-state index contributed by atoms with van der Waals surface area (Å²) in [5.74, 6) is 0. The minimum absolute atomic E-state index is 0.302. The largest absolute Gasteiger partial charge is 0.361 e. The molecule has 0 radical (unpaired) electrons. The van der Waals surface area contributed by atoms with Crippen LogP contribution < -0.4 is 16.4 Å². The van der Waals surface area contributed by atoms with Gasteiger partial charge in [0.05, 0.1) is 0 Å². The van der Waals surface area contributed by atoms with Crippen LogP contribution in [0.2, 0.25) is 0 Å². The maximum Gasteiger partial charge on any atom is 0.169 e. The molecular formula is C16H24N4S. The van der Waals surface area contributed by atoms with Gasteiger partial charge < -0.3 is 21.3 Å². The number of fused-ring (bicyclic) bond motifs is 1. The van der Waals surface area contributed by atoms with Gasteiger partial charge in [0.2, 0.25) is 0 Å². The van der Waals surface area contributed by atoms with E-state index in [0.29, 0.717) is 18.6 Å². The fourth-order valence-corrected chi connectivity index (χ4v) is 3.58. The third kappa shape index (κ3) is 3.36. The van der Waals surface area contributed by atoms with Crippen molar-refractivity contribution < 1.29 is 0 Å². The molecule has 0 bridgehead atoms. The van der Waals surface area contributed by atoms with Gasteiger partial charge in [-0.05, 0) is 49.2 Å². The summed E-state index contributed by atoms with van der Waals surface area (Å²) in [6.45, 7) is 3.54. The van der Waals surface area contributed by atoms with E-state index in [-0.39, 0.29) is 0 Å². The molecular weight excluding hydrogens is 280 g/mol. The summed E-state index contributed by atoms with van der Waals surface area (Å²) >= 11 is 5.61. The summed E-state index contributed by atoms with van der Waals surface area (Å²) < 4.78 is 0. The molecule has 5 heteroatoms. The van der Waals surface area contributed by atoms with Crippen LogP contribution in [0.5, 0.6) is 0 Å². The molecule has 0 amide bonds. The number of hydrogen-bond acceptors (Lipinski definition) is 3. The van der Waals surface area contributed by atoms with E-state index in [2.05, 4.69) is 39.8 Å². The molecule has 21 heavy (non-hydrogen) atoms. The third-order valence-electron chi connectivity index (χ3n) is 4.55. The van der Waals surface area contributed by atoms with Crippen molar-refractivity contribution in [3.63, 3.8) is 0 Å². The van der Waals surface area contributed by atoms with E-state index in [1.807, 2.05) is 0 Å². The zero-order valence-electron chi connectivity index (χ0n) is 12.3. The first kappa shape index (κ1) is 14.8. The zero-order chi connectivity index (χ0) is 14.7. The topological polar surface area (TPSA) is 53.3 Å². The second-order valence-corrected chi connectivity index (χ2v) is 6.36. The van der Waals surface area contributed by atoms with E-state index < -0.39 is 0 Å². The molecule has 2 heterocycles. The number of rotatable bonds is 3. The molecule has 1 fully saturated rings. The first-order chi connectivity index (χ1) is 10.3. The van der Waals surface area contributed by atoms with Gasteiger partial charge in [-0.25, -0.2) is 0 Å². The average molecular weight is 304 g/mol. The van der Waals surface area contributed by atoms with Gasteiger partial charge in [-0.3, -0.25) is 0 Å². The lowest BCUT2D eigenvalue weighted by Crippen LogP contribution is -2.53. The standard InChI is InChI=1S/C16H24N4S/c17-9-15-8-12-4-1-2-5-13(12)11-20(15)16(21)19-10-14-6-3-7-18-14/h1-2,4-5,14-15,18H,3,6-11,17H2,(H,19,21). The molecule has 0 spiro atoms. The number of nitrogens with two attached hydrogens (primary N) is 1. The minimum Gasteiger partial charge on any atom is -0.361 e. The van der Waals surface area contributed by atoms with Gasteiger partial charge in [0, 0.05) is 31.7 Å². The van der Waals surface area contributed by atoms with Gasteiger partial charge >= 0.3 is 0 Å². The van der Waals surface area contributed by atoms with Crippen LogP contribution in [0.3, 0.4) is 0 Å². The minimum atomic E-state index is 0.302. The average Bonchev–Trinajstić information content (AvgIpc) is 3.04. The van der Waals surface area contributed by atoms with Gasteiger partial charge in [0.25, 0.3) is 0 Å². The van der Waals surface area contributed by atoms with Crippen LogP contribution in [-0.2, 0) is 13.0 Å². The molecule has 1 aromatic carbocycles. The van der Waals surface area contributed by atoms with Crippen LogP contribution in [-0.4, -0.2) is 41.7 Å². The Kier molecular flexibility index (Phi) is 4.73. The number of nitrogens with one attached hydrogen (secondary N) is 2. The van der Waals surface area contributed by atoms with Crippen molar-refractivity contribution in [2.24, 2.45) is 5.73 Å². The number of hydrogen-bond donors (Lipinski definition) is 3. The van der Waals surface area contributed by atoms with E-state index in [9.17, 15) is 0 Å². The van der Waals surface area contributed by atoms with Crippen molar-refractivity contribution in [1.29, 1.82) is 0 Å². The molecule has 114 valence electrons. The Morgan fingerprint density at radius 3 is 2.90 bits per heavy atom. The van der Waals surface area contributed by atoms with Gasteiger partial charge in [-0.1, -0.05) is 24.3 Å². The molecule has 0 aliphatic carbocycles. The van der Waals surface area contributed by atoms with Gasteiger partial charge in [-0.15, -0.1) is 0 Å². The Morgan fingerprint density at radius 1 is 1.38 bits per heavy atom. The van der Waals surface area contributed by atoms with Crippen molar-refractivity contribution in [1.82, 2.24) is 15.5 Å². The molecule has 2 atom stereocenters. The predicted octanol–water partition coefficient (Wildman–Crippen LogP) is 0.998. The zero-order valence-corrected chi connectivity index (χ0v) is 13.2. The summed E-state index contributed by atoms with van der Waals surface area (Å²) in [4.78, 5) is 2.26. The number of benzene rings is 1. The molecule has 2 aliphatic heterocycles.